The van der Waals surface area contributed by atoms with Crippen LogP contribution in [0.15, 0.2) is 47.4 Å². The molecule has 2 N–H and O–H groups in total. The Morgan fingerprint density at radius 1 is 1.26 bits per heavy atom. The molecular weight excluding hydrogens is 316 g/mol. The van der Waals surface area contributed by atoms with Crippen LogP contribution in [-0.2, 0) is 11.2 Å². The molecule has 0 spiro atoms. The number of aromatic hydroxyl groups is 1. The first-order chi connectivity index (χ1) is 11.0. The van der Waals surface area contributed by atoms with Gasteiger partial charge < -0.3 is 19.5 Å². The van der Waals surface area contributed by atoms with Crippen LogP contribution in [0.4, 0.5) is 0 Å². The van der Waals surface area contributed by atoms with Crippen LogP contribution in [-0.4, -0.2) is 33.1 Å². The van der Waals surface area contributed by atoms with E-state index < -0.39 is 17.1 Å². The average Bonchev–Trinajstić information content (AvgIpc) is 2.51. The SMILES string of the molecule is Cc1cccc([S+]([O-])CCCOc2ccc(C(=O)O)c(O)c2)c1. The number of hydrogen-bond donors (Lipinski definition) is 2. The van der Waals surface area contributed by atoms with E-state index in [0.29, 0.717) is 24.5 Å². The number of carbonyl (C=O) groups is 1. The summed E-state index contributed by atoms with van der Waals surface area (Å²) in [6.45, 7) is 2.29. The van der Waals surface area contributed by atoms with Crippen LogP contribution in [0, 0.1) is 6.92 Å². The van der Waals surface area contributed by atoms with Crippen molar-refractivity contribution in [3.8, 4) is 11.5 Å². The molecule has 0 bridgehead atoms. The second-order valence-corrected chi connectivity index (χ2v) is 6.62. The van der Waals surface area contributed by atoms with Crippen molar-refractivity contribution in [3.05, 3.63) is 53.6 Å². The van der Waals surface area contributed by atoms with E-state index in [9.17, 15) is 14.5 Å². The van der Waals surface area contributed by atoms with Crippen molar-refractivity contribution in [1.29, 1.82) is 0 Å². The smallest absolute Gasteiger partial charge is 0.339 e. The van der Waals surface area contributed by atoms with Gasteiger partial charge in [0.25, 0.3) is 0 Å². The Bertz CT molecular complexity index is 686. The molecule has 0 radical (unpaired) electrons. The summed E-state index contributed by atoms with van der Waals surface area (Å²) in [6.07, 6.45) is 0.585. The molecule has 1 unspecified atom stereocenters. The number of aromatic carboxylic acids is 1. The molecule has 0 aromatic heterocycles. The Kier molecular flexibility index (Phi) is 5.90. The van der Waals surface area contributed by atoms with Crippen LogP contribution >= 0.6 is 0 Å². The van der Waals surface area contributed by atoms with Crippen molar-refractivity contribution in [2.75, 3.05) is 12.4 Å². The summed E-state index contributed by atoms with van der Waals surface area (Å²) in [5, 5.41) is 18.4. The molecule has 5 nitrogen and oxygen atoms in total. The molecule has 2 rings (SSSR count). The minimum atomic E-state index is -1.19. The second kappa shape index (κ2) is 7.89. The van der Waals surface area contributed by atoms with Gasteiger partial charge in [-0.3, -0.25) is 0 Å². The first-order valence-electron chi connectivity index (χ1n) is 7.11. The lowest BCUT2D eigenvalue weighted by Crippen LogP contribution is -2.10. The first kappa shape index (κ1) is 17.2. The maximum absolute atomic E-state index is 12.1. The average molecular weight is 334 g/mol. The molecule has 0 saturated heterocycles. The third-order valence-corrected chi connectivity index (χ3v) is 4.63. The number of rotatable bonds is 7. The molecule has 2 aromatic rings. The van der Waals surface area contributed by atoms with Crippen LogP contribution < -0.4 is 4.74 Å². The summed E-state index contributed by atoms with van der Waals surface area (Å²) in [4.78, 5) is 11.6. The lowest BCUT2D eigenvalue weighted by atomic mass is 10.2. The van der Waals surface area contributed by atoms with E-state index in [0.717, 1.165) is 10.5 Å². The van der Waals surface area contributed by atoms with Crippen molar-refractivity contribution < 1.29 is 24.3 Å². The van der Waals surface area contributed by atoms with Crippen molar-refractivity contribution in [1.82, 2.24) is 0 Å². The van der Waals surface area contributed by atoms with E-state index in [4.69, 9.17) is 9.84 Å². The number of benzene rings is 2. The van der Waals surface area contributed by atoms with Crippen molar-refractivity contribution >= 4 is 17.1 Å². The summed E-state index contributed by atoms with van der Waals surface area (Å²) >= 11 is -1.07. The Balaban J connectivity index is 1.81. The summed E-state index contributed by atoms with van der Waals surface area (Å²) in [5.74, 6) is -0.669. The number of ether oxygens (including phenoxy) is 1. The molecule has 0 aliphatic carbocycles. The molecule has 1 atom stereocenters. The number of phenols is 1. The molecule has 0 fully saturated rings. The predicted octanol–water partition coefficient (Wildman–Crippen LogP) is 2.98. The maximum atomic E-state index is 12.1. The zero-order valence-corrected chi connectivity index (χ0v) is 13.5. The van der Waals surface area contributed by atoms with Gasteiger partial charge in [0.2, 0.25) is 0 Å². The van der Waals surface area contributed by atoms with Crippen LogP contribution in [0.25, 0.3) is 0 Å². The Hall–Kier alpha value is -2.18. The van der Waals surface area contributed by atoms with Gasteiger partial charge in [-0.25, -0.2) is 4.79 Å². The van der Waals surface area contributed by atoms with Gasteiger partial charge in [-0.05, 0) is 47.9 Å². The fraction of sp³-hybridized carbons (Fsp3) is 0.235. The number of carboxylic acid groups (broad SMARTS) is 1. The van der Waals surface area contributed by atoms with Crippen LogP contribution in [0.1, 0.15) is 22.3 Å². The highest BCUT2D eigenvalue weighted by Crippen LogP contribution is 2.23. The van der Waals surface area contributed by atoms with E-state index in [2.05, 4.69) is 0 Å². The standard InChI is InChI=1S/C17H18O5S/c1-12-4-2-5-14(10-12)23(21)9-3-8-22-13-6-7-15(17(19)20)16(18)11-13/h2,4-7,10-11,18H,3,8-9H2,1H3,(H,19,20). The van der Waals surface area contributed by atoms with Crippen LogP contribution in [0.5, 0.6) is 11.5 Å². The first-order valence-corrected chi connectivity index (χ1v) is 8.43. The van der Waals surface area contributed by atoms with Gasteiger partial charge in [-0.15, -0.1) is 0 Å². The van der Waals surface area contributed by atoms with E-state index in [1.54, 1.807) is 0 Å². The molecule has 6 heteroatoms. The third kappa shape index (κ3) is 4.91. The van der Waals surface area contributed by atoms with Crippen LogP contribution in [0.2, 0.25) is 0 Å². The van der Waals surface area contributed by atoms with E-state index >= 15 is 0 Å². The predicted molar refractivity (Wildman–Crippen MR) is 87.6 cm³/mol. The zero-order valence-electron chi connectivity index (χ0n) is 12.7. The fourth-order valence-electron chi connectivity index (χ4n) is 2.04. The van der Waals surface area contributed by atoms with E-state index in [-0.39, 0.29) is 11.3 Å². The molecule has 0 aliphatic rings. The van der Waals surface area contributed by atoms with Crippen molar-refractivity contribution in [2.24, 2.45) is 0 Å². The van der Waals surface area contributed by atoms with E-state index in [1.807, 2.05) is 31.2 Å². The zero-order chi connectivity index (χ0) is 16.8. The van der Waals surface area contributed by atoms with Gasteiger partial charge >= 0.3 is 5.97 Å². The summed E-state index contributed by atoms with van der Waals surface area (Å²) in [5.41, 5.74) is 0.902. The van der Waals surface area contributed by atoms with Crippen molar-refractivity contribution in [3.63, 3.8) is 0 Å². The van der Waals surface area contributed by atoms with Crippen molar-refractivity contribution in [2.45, 2.75) is 18.2 Å². The fourth-order valence-corrected chi connectivity index (χ4v) is 3.20. The highest BCUT2D eigenvalue weighted by atomic mass is 32.2. The summed E-state index contributed by atoms with van der Waals surface area (Å²) in [6, 6.07) is 11.6. The third-order valence-electron chi connectivity index (χ3n) is 3.19. The van der Waals surface area contributed by atoms with Gasteiger partial charge in [0, 0.05) is 12.5 Å². The van der Waals surface area contributed by atoms with Gasteiger partial charge in [-0.1, -0.05) is 12.1 Å². The summed E-state index contributed by atoms with van der Waals surface area (Å²) < 4.78 is 17.6. The lowest BCUT2D eigenvalue weighted by Gasteiger charge is -2.12. The van der Waals surface area contributed by atoms with Gasteiger partial charge in [0.05, 0.1) is 6.61 Å². The maximum Gasteiger partial charge on any atom is 0.339 e. The highest BCUT2D eigenvalue weighted by molar-refractivity contribution is 7.91. The van der Waals surface area contributed by atoms with Crippen LogP contribution in [0.3, 0.4) is 0 Å². The van der Waals surface area contributed by atoms with Gasteiger partial charge in [-0.2, -0.15) is 0 Å². The lowest BCUT2D eigenvalue weighted by molar-refractivity contribution is 0.0693. The molecule has 0 amide bonds. The second-order valence-electron chi connectivity index (χ2n) is 5.05. The minimum absolute atomic E-state index is 0.169. The molecule has 0 aliphatic heterocycles. The van der Waals surface area contributed by atoms with E-state index in [1.165, 1.54) is 18.2 Å². The molecule has 2 aromatic carbocycles. The number of carboxylic acids is 1. The largest absolute Gasteiger partial charge is 0.611 e. The highest BCUT2D eigenvalue weighted by Gasteiger charge is 2.12. The van der Waals surface area contributed by atoms with Gasteiger partial charge in [0.15, 0.2) is 4.90 Å². The molecule has 0 heterocycles. The Morgan fingerprint density at radius 3 is 2.70 bits per heavy atom. The quantitative estimate of drug-likeness (QED) is 0.600. The monoisotopic (exact) mass is 334 g/mol. The normalized spacial score (nSPS) is 11.9. The molecule has 0 saturated carbocycles. The summed E-state index contributed by atoms with van der Waals surface area (Å²) in [7, 11) is 0. The Morgan fingerprint density at radius 2 is 2.04 bits per heavy atom. The number of aryl methyl sites for hydroxylation is 1. The minimum Gasteiger partial charge on any atom is -0.611 e. The van der Waals surface area contributed by atoms with Gasteiger partial charge in [0.1, 0.15) is 22.8 Å². The topological polar surface area (TPSA) is 89.8 Å². The molecule has 23 heavy (non-hydrogen) atoms. The molecule has 122 valence electrons. The number of hydrogen-bond acceptors (Lipinski definition) is 4. The Labute approximate surface area is 137 Å². The molecular formula is C17H18O5S.